The standard InChI is InChI=1S/C23H23F4N5OS/c24-18-5-1-15(2-6-18)13-20-30-22(34-31-20)32-11-9-16(10-12-32)14-28-21(33)29-19-7-3-17(4-8-19)23(25,26)27/h1-8,16H,9-14H2,(H2,28,29,33). The zero-order valence-electron chi connectivity index (χ0n) is 18.1. The van der Waals surface area contributed by atoms with Gasteiger partial charge in [0.05, 0.1) is 5.56 Å². The first-order valence-corrected chi connectivity index (χ1v) is 11.6. The fourth-order valence-corrected chi connectivity index (χ4v) is 4.45. The summed E-state index contributed by atoms with van der Waals surface area (Å²) >= 11 is 1.34. The number of urea groups is 1. The van der Waals surface area contributed by atoms with Gasteiger partial charge >= 0.3 is 12.2 Å². The summed E-state index contributed by atoms with van der Waals surface area (Å²) < 4.78 is 55.3. The topological polar surface area (TPSA) is 70.2 Å². The van der Waals surface area contributed by atoms with Crippen LogP contribution in [-0.4, -0.2) is 35.0 Å². The van der Waals surface area contributed by atoms with E-state index in [9.17, 15) is 22.4 Å². The van der Waals surface area contributed by atoms with Crippen LogP contribution in [0, 0.1) is 11.7 Å². The molecule has 0 radical (unpaired) electrons. The molecule has 0 saturated carbocycles. The highest BCUT2D eigenvalue weighted by atomic mass is 32.1. The minimum Gasteiger partial charge on any atom is -0.347 e. The SMILES string of the molecule is O=C(NCC1CCN(c2nc(Cc3ccc(F)cc3)ns2)CC1)Nc1ccc(C(F)(F)F)cc1. The van der Waals surface area contributed by atoms with Gasteiger partial charge in [0, 0.05) is 43.3 Å². The van der Waals surface area contributed by atoms with Gasteiger partial charge in [-0.3, -0.25) is 0 Å². The lowest BCUT2D eigenvalue weighted by molar-refractivity contribution is -0.137. The summed E-state index contributed by atoms with van der Waals surface area (Å²) in [6.07, 6.45) is -2.12. The first-order chi connectivity index (χ1) is 16.3. The second-order valence-electron chi connectivity index (χ2n) is 8.14. The third-order valence-electron chi connectivity index (χ3n) is 5.64. The Morgan fingerprint density at radius 1 is 1.06 bits per heavy atom. The van der Waals surface area contributed by atoms with Crippen LogP contribution in [0.3, 0.4) is 0 Å². The van der Waals surface area contributed by atoms with E-state index in [-0.39, 0.29) is 5.82 Å². The molecular formula is C23H23F4N5OS. The Morgan fingerprint density at radius 3 is 2.38 bits per heavy atom. The molecule has 0 spiro atoms. The van der Waals surface area contributed by atoms with Crippen molar-refractivity contribution in [2.24, 2.45) is 5.92 Å². The molecule has 0 bridgehead atoms. The van der Waals surface area contributed by atoms with Gasteiger partial charge in [0.15, 0.2) is 0 Å². The quantitative estimate of drug-likeness (QED) is 0.456. The van der Waals surface area contributed by atoms with Gasteiger partial charge < -0.3 is 15.5 Å². The Kier molecular flexibility index (Phi) is 7.30. The molecule has 1 saturated heterocycles. The molecule has 2 aromatic carbocycles. The van der Waals surface area contributed by atoms with Gasteiger partial charge in [-0.05, 0) is 60.7 Å². The van der Waals surface area contributed by atoms with Crippen molar-refractivity contribution < 1.29 is 22.4 Å². The zero-order valence-corrected chi connectivity index (χ0v) is 18.9. The van der Waals surface area contributed by atoms with Crippen LogP contribution in [-0.2, 0) is 12.6 Å². The number of halogens is 4. The van der Waals surface area contributed by atoms with Gasteiger partial charge in [0.1, 0.15) is 11.6 Å². The second kappa shape index (κ2) is 10.4. The fraction of sp³-hybridized carbons (Fsp3) is 0.348. The fourth-order valence-electron chi connectivity index (χ4n) is 3.71. The number of benzene rings is 2. The van der Waals surface area contributed by atoms with Crippen LogP contribution in [0.5, 0.6) is 0 Å². The Morgan fingerprint density at radius 2 is 1.74 bits per heavy atom. The normalized spacial score (nSPS) is 14.8. The number of hydrogen-bond donors (Lipinski definition) is 2. The molecule has 4 rings (SSSR count). The molecule has 34 heavy (non-hydrogen) atoms. The van der Waals surface area contributed by atoms with E-state index in [0.29, 0.717) is 30.4 Å². The number of piperidine rings is 1. The minimum atomic E-state index is -4.41. The highest BCUT2D eigenvalue weighted by molar-refractivity contribution is 7.09. The van der Waals surface area contributed by atoms with E-state index in [1.54, 1.807) is 12.1 Å². The van der Waals surface area contributed by atoms with Crippen LogP contribution in [0.25, 0.3) is 0 Å². The van der Waals surface area contributed by atoms with Crippen LogP contribution < -0.4 is 15.5 Å². The maximum Gasteiger partial charge on any atom is 0.416 e. The number of carbonyl (C=O) groups excluding carboxylic acids is 1. The molecule has 0 unspecified atom stereocenters. The monoisotopic (exact) mass is 493 g/mol. The number of alkyl halides is 3. The molecule has 1 aliphatic heterocycles. The number of nitrogens with one attached hydrogen (secondary N) is 2. The summed E-state index contributed by atoms with van der Waals surface area (Å²) in [5.74, 6) is 0.724. The number of aromatic nitrogens is 2. The maximum atomic E-state index is 13.1. The summed E-state index contributed by atoms with van der Waals surface area (Å²) in [6, 6.07) is 10.2. The number of nitrogens with zero attached hydrogens (tertiary/aromatic N) is 3. The summed E-state index contributed by atoms with van der Waals surface area (Å²) in [6.45, 7) is 2.06. The number of carbonyl (C=O) groups is 1. The number of hydrogen-bond acceptors (Lipinski definition) is 5. The van der Waals surface area contributed by atoms with Gasteiger partial charge in [-0.25, -0.2) is 14.2 Å². The van der Waals surface area contributed by atoms with E-state index >= 15 is 0 Å². The van der Waals surface area contributed by atoms with Crippen molar-refractivity contribution in [3.63, 3.8) is 0 Å². The molecule has 1 aliphatic rings. The van der Waals surface area contributed by atoms with Crippen molar-refractivity contribution in [2.75, 3.05) is 29.9 Å². The number of rotatable bonds is 6. The molecule has 2 heterocycles. The van der Waals surface area contributed by atoms with Crippen molar-refractivity contribution in [2.45, 2.75) is 25.4 Å². The third-order valence-corrected chi connectivity index (χ3v) is 6.45. The van der Waals surface area contributed by atoms with E-state index in [1.165, 1.54) is 35.8 Å². The van der Waals surface area contributed by atoms with Crippen LogP contribution in [0.4, 0.5) is 33.2 Å². The molecule has 6 nitrogen and oxygen atoms in total. The van der Waals surface area contributed by atoms with Crippen molar-refractivity contribution in [3.8, 4) is 0 Å². The van der Waals surface area contributed by atoms with E-state index in [0.717, 1.165) is 48.8 Å². The molecule has 1 aromatic heterocycles. The van der Waals surface area contributed by atoms with Gasteiger partial charge in [-0.2, -0.15) is 17.5 Å². The lowest BCUT2D eigenvalue weighted by Gasteiger charge is -2.31. The third kappa shape index (κ3) is 6.43. The van der Waals surface area contributed by atoms with Crippen LogP contribution in [0.1, 0.15) is 29.8 Å². The average molecular weight is 494 g/mol. The van der Waals surface area contributed by atoms with E-state index in [2.05, 4.69) is 24.9 Å². The zero-order chi connectivity index (χ0) is 24.1. The van der Waals surface area contributed by atoms with Gasteiger partial charge in [-0.1, -0.05) is 12.1 Å². The summed E-state index contributed by atoms with van der Waals surface area (Å²) in [7, 11) is 0. The summed E-state index contributed by atoms with van der Waals surface area (Å²) in [4.78, 5) is 18.9. The van der Waals surface area contributed by atoms with Crippen molar-refractivity contribution in [1.82, 2.24) is 14.7 Å². The molecular weight excluding hydrogens is 470 g/mol. The minimum absolute atomic E-state index is 0.273. The number of anilines is 2. The van der Waals surface area contributed by atoms with Crippen LogP contribution in [0.15, 0.2) is 48.5 Å². The van der Waals surface area contributed by atoms with Gasteiger partial charge in [0.25, 0.3) is 0 Å². The molecule has 11 heteroatoms. The lowest BCUT2D eigenvalue weighted by atomic mass is 9.97. The van der Waals surface area contributed by atoms with Gasteiger partial charge in [-0.15, -0.1) is 0 Å². The predicted octanol–water partition coefficient (Wildman–Crippen LogP) is 5.32. The smallest absolute Gasteiger partial charge is 0.347 e. The molecule has 0 atom stereocenters. The molecule has 2 amide bonds. The first-order valence-electron chi connectivity index (χ1n) is 10.8. The first kappa shape index (κ1) is 23.9. The molecule has 2 N–H and O–H groups in total. The van der Waals surface area contributed by atoms with Crippen LogP contribution in [0.2, 0.25) is 0 Å². The Balaban J connectivity index is 1.19. The predicted molar refractivity (Wildman–Crippen MR) is 123 cm³/mol. The maximum absolute atomic E-state index is 13.1. The van der Waals surface area contributed by atoms with Crippen LogP contribution >= 0.6 is 11.5 Å². The van der Waals surface area contributed by atoms with Crippen molar-refractivity contribution in [3.05, 3.63) is 71.3 Å². The number of amides is 2. The molecule has 180 valence electrons. The Bertz CT molecular complexity index is 1090. The Labute approximate surface area is 198 Å². The van der Waals surface area contributed by atoms with Crippen molar-refractivity contribution >= 4 is 28.4 Å². The highest BCUT2D eigenvalue weighted by Gasteiger charge is 2.30. The highest BCUT2D eigenvalue weighted by Crippen LogP contribution is 2.30. The second-order valence-corrected chi connectivity index (χ2v) is 8.87. The average Bonchev–Trinajstić information content (AvgIpc) is 3.28. The van der Waals surface area contributed by atoms with E-state index < -0.39 is 17.8 Å². The van der Waals surface area contributed by atoms with E-state index in [1.807, 2.05) is 0 Å². The summed E-state index contributed by atoms with van der Waals surface area (Å²) in [5, 5.41) is 6.20. The lowest BCUT2D eigenvalue weighted by Crippen LogP contribution is -2.39. The largest absolute Gasteiger partial charge is 0.416 e. The molecule has 0 aliphatic carbocycles. The summed E-state index contributed by atoms with van der Waals surface area (Å²) in [5.41, 5.74) is 0.487. The Hall–Kier alpha value is -3.21. The van der Waals surface area contributed by atoms with Gasteiger partial charge in [0.2, 0.25) is 5.13 Å². The molecule has 3 aromatic rings. The molecule has 1 fully saturated rings. The van der Waals surface area contributed by atoms with E-state index in [4.69, 9.17) is 0 Å². The van der Waals surface area contributed by atoms with Crippen molar-refractivity contribution in [1.29, 1.82) is 0 Å².